The van der Waals surface area contributed by atoms with Crippen molar-refractivity contribution in [2.24, 2.45) is 0 Å². The van der Waals surface area contributed by atoms with Gasteiger partial charge in [0.25, 0.3) is 5.91 Å². The van der Waals surface area contributed by atoms with Crippen molar-refractivity contribution in [2.75, 3.05) is 6.54 Å². The van der Waals surface area contributed by atoms with Crippen molar-refractivity contribution >= 4 is 16.9 Å². The Morgan fingerprint density at radius 3 is 2.61 bits per heavy atom. The molecule has 1 aliphatic heterocycles. The van der Waals surface area contributed by atoms with Crippen LogP contribution in [-0.4, -0.2) is 38.2 Å². The first kappa shape index (κ1) is 18.7. The fourth-order valence-electron chi connectivity index (χ4n) is 4.17. The normalized spacial score (nSPS) is 17.3. The first-order chi connectivity index (χ1) is 13.5. The second-order valence-corrected chi connectivity index (χ2v) is 7.86. The Balaban J connectivity index is 1.91. The van der Waals surface area contributed by atoms with Gasteiger partial charge < -0.3 is 4.90 Å². The van der Waals surface area contributed by atoms with Gasteiger partial charge in [-0.05, 0) is 53.0 Å². The third kappa shape index (κ3) is 3.19. The van der Waals surface area contributed by atoms with Crippen molar-refractivity contribution in [2.45, 2.75) is 59.5 Å². The van der Waals surface area contributed by atoms with E-state index in [2.05, 4.69) is 50.1 Å². The Morgan fingerprint density at radius 1 is 1.18 bits per heavy atom. The third-order valence-corrected chi connectivity index (χ3v) is 5.82. The van der Waals surface area contributed by atoms with Gasteiger partial charge in [-0.3, -0.25) is 4.79 Å². The van der Waals surface area contributed by atoms with Crippen molar-refractivity contribution in [3.63, 3.8) is 0 Å². The predicted molar refractivity (Wildman–Crippen MR) is 112 cm³/mol. The minimum absolute atomic E-state index is 0.103. The molecule has 1 aromatic carbocycles. The SMILES string of the molecule is CCn1nc(C)c2c(C(=O)N3CCCC[C@H]3C)cc(-c3ccc(C)cc3)nc21. The summed E-state index contributed by atoms with van der Waals surface area (Å²) in [6.07, 6.45) is 3.33. The lowest BCUT2D eigenvalue weighted by atomic mass is 9.99. The molecule has 1 atom stereocenters. The molecule has 146 valence electrons. The van der Waals surface area contributed by atoms with Crippen LogP contribution in [-0.2, 0) is 6.54 Å². The lowest BCUT2D eigenvalue weighted by Crippen LogP contribution is -2.42. The van der Waals surface area contributed by atoms with Gasteiger partial charge in [0.1, 0.15) is 0 Å². The minimum atomic E-state index is 0.103. The summed E-state index contributed by atoms with van der Waals surface area (Å²) in [6.45, 7) is 9.80. The molecule has 1 amide bonds. The highest BCUT2D eigenvalue weighted by molar-refractivity contribution is 6.07. The molecular weight excluding hydrogens is 348 g/mol. The summed E-state index contributed by atoms with van der Waals surface area (Å²) in [6, 6.07) is 10.5. The van der Waals surface area contributed by atoms with E-state index in [4.69, 9.17) is 4.98 Å². The Kier molecular flexibility index (Phi) is 4.92. The molecule has 3 heterocycles. The van der Waals surface area contributed by atoms with Crippen LogP contribution in [0, 0.1) is 13.8 Å². The van der Waals surface area contributed by atoms with Gasteiger partial charge >= 0.3 is 0 Å². The van der Waals surface area contributed by atoms with Crippen molar-refractivity contribution in [1.82, 2.24) is 19.7 Å². The highest BCUT2D eigenvalue weighted by Crippen LogP contribution is 2.30. The zero-order valence-corrected chi connectivity index (χ0v) is 17.2. The number of carbonyl (C=O) groups is 1. The molecule has 2 aromatic heterocycles. The Hall–Kier alpha value is -2.69. The number of hydrogen-bond acceptors (Lipinski definition) is 3. The molecule has 1 aliphatic rings. The van der Waals surface area contributed by atoms with Gasteiger partial charge in [0.2, 0.25) is 0 Å². The highest BCUT2D eigenvalue weighted by atomic mass is 16.2. The number of hydrogen-bond donors (Lipinski definition) is 0. The van der Waals surface area contributed by atoms with Crippen molar-refractivity contribution in [1.29, 1.82) is 0 Å². The van der Waals surface area contributed by atoms with Crippen LogP contribution in [0.3, 0.4) is 0 Å². The molecule has 3 aromatic rings. The van der Waals surface area contributed by atoms with E-state index in [1.165, 1.54) is 12.0 Å². The third-order valence-electron chi connectivity index (χ3n) is 5.82. The predicted octanol–water partition coefficient (Wildman–Crippen LogP) is 4.75. The second-order valence-electron chi connectivity index (χ2n) is 7.86. The molecule has 0 unspecified atom stereocenters. The van der Waals surface area contributed by atoms with Crippen molar-refractivity contribution in [3.8, 4) is 11.3 Å². The van der Waals surface area contributed by atoms with E-state index < -0.39 is 0 Å². The van der Waals surface area contributed by atoms with Gasteiger partial charge in [-0.2, -0.15) is 5.10 Å². The van der Waals surface area contributed by atoms with E-state index in [0.29, 0.717) is 0 Å². The summed E-state index contributed by atoms with van der Waals surface area (Å²) in [5.41, 5.74) is 5.45. The molecule has 0 aliphatic carbocycles. The molecule has 28 heavy (non-hydrogen) atoms. The zero-order chi connectivity index (χ0) is 19.8. The number of rotatable bonds is 3. The van der Waals surface area contributed by atoms with Crippen LogP contribution >= 0.6 is 0 Å². The topological polar surface area (TPSA) is 51.0 Å². The van der Waals surface area contributed by atoms with Crippen LogP contribution in [0.4, 0.5) is 0 Å². The number of aromatic nitrogens is 3. The zero-order valence-electron chi connectivity index (χ0n) is 17.2. The van der Waals surface area contributed by atoms with Gasteiger partial charge in [0.05, 0.1) is 22.3 Å². The van der Waals surface area contributed by atoms with Crippen LogP contribution in [0.25, 0.3) is 22.3 Å². The molecule has 5 heteroatoms. The molecule has 0 bridgehead atoms. The standard InChI is InChI=1S/C23H28N4O/c1-5-27-22-21(17(4)25-27)19(23(28)26-13-7-6-8-16(26)3)14-20(24-22)18-11-9-15(2)10-12-18/h9-12,14,16H,5-8,13H2,1-4H3/t16-/m1/s1. The summed E-state index contributed by atoms with van der Waals surface area (Å²) >= 11 is 0. The van der Waals surface area contributed by atoms with Gasteiger partial charge in [-0.15, -0.1) is 0 Å². The second kappa shape index (κ2) is 7.38. The van der Waals surface area contributed by atoms with E-state index in [-0.39, 0.29) is 11.9 Å². The Morgan fingerprint density at radius 2 is 1.93 bits per heavy atom. The van der Waals surface area contributed by atoms with Gasteiger partial charge in [-0.25, -0.2) is 9.67 Å². The van der Waals surface area contributed by atoms with Crippen LogP contribution in [0.1, 0.15) is 54.7 Å². The van der Waals surface area contributed by atoms with Crippen LogP contribution in [0.15, 0.2) is 30.3 Å². The number of nitrogens with zero attached hydrogens (tertiary/aromatic N) is 4. The maximum Gasteiger partial charge on any atom is 0.254 e. The summed E-state index contributed by atoms with van der Waals surface area (Å²) in [5.74, 6) is 0.103. The Bertz CT molecular complexity index is 1020. The molecule has 1 saturated heterocycles. The molecule has 0 radical (unpaired) electrons. The number of aryl methyl sites for hydroxylation is 3. The van der Waals surface area contributed by atoms with Gasteiger partial charge in [0.15, 0.2) is 5.65 Å². The van der Waals surface area contributed by atoms with Gasteiger partial charge in [0, 0.05) is 24.7 Å². The average Bonchev–Trinajstić information content (AvgIpc) is 3.03. The number of carbonyl (C=O) groups excluding carboxylic acids is 1. The fourth-order valence-corrected chi connectivity index (χ4v) is 4.17. The van der Waals surface area contributed by atoms with E-state index in [0.717, 1.165) is 59.5 Å². The lowest BCUT2D eigenvalue weighted by molar-refractivity contribution is 0.0637. The van der Waals surface area contributed by atoms with Crippen LogP contribution in [0.2, 0.25) is 0 Å². The van der Waals surface area contributed by atoms with E-state index >= 15 is 0 Å². The molecule has 4 rings (SSSR count). The number of piperidine rings is 1. The summed E-state index contributed by atoms with van der Waals surface area (Å²) in [5, 5.41) is 5.54. The van der Waals surface area contributed by atoms with E-state index in [1.807, 2.05) is 22.6 Å². The quantitative estimate of drug-likeness (QED) is 0.663. The molecule has 0 spiro atoms. The monoisotopic (exact) mass is 376 g/mol. The van der Waals surface area contributed by atoms with E-state index in [9.17, 15) is 4.79 Å². The first-order valence-corrected chi connectivity index (χ1v) is 10.3. The fraction of sp³-hybridized carbons (Fsp3) is 0.435. The number of pyridine rings is 1. The largest absolute Gasteiger partial charge is 0.336 e. The first-order valence-electron chi connectivity index (χ1n) is 10.3. The summed E-state index contributed by atoms with van der Waals surface area (Å²) in [7, 11) is 0. The maximum atomic E-state index is 13.6. The number of fused-ring (bicyclic) bond motifs is 1. The Labute approximate surface area is 166 Å². The number of likely N-dealkylation sites (tertiary alicyclic amines) is 1. The van der Waals surface area contributed by atoms with Gasteiger partial charge in [-0.1, -0.05) is 29.8 Å². The molecule has 0 saturated carbocycles. The summed E-state index contributed by atoms with van der Waals surface area (Å²) < 4.78 is 1.90. The molecule has 5 nitrogen and oxygen atoms in total. The maximum absolute atomic E-state index is 13.6. The van der Waals surface area contributed by atoms with Crippen molar-refractivity contribution < 1.29 is 4.79 Å². The molecule has 1 fully saturated rings. The smallest absolute Gasteiger partial charge is 0.254 e. The van der Waals surface area contributed by atoms with Crippen molar-refractivity contribution in [3.05, 3.63) is 47.2 Å². The van der Waals surface area contributed by atoms with Crippen LogP contribution < -0.4 is 0 Å². The van der Waals surface area contributed by atoms with Crippen LogP contribution in [0.5, 0.6) is 0 Å². The number of benzene rings is 1. The minimum Gasteiger partial charge on any atom is -0.336 e. The summed E-state index contributed by atoms with van der Waals surface area (Å²) in [4.78, 5) is 20.5. The lowest BCUT2D eigenvalue weighted by Gasteiger charge is -2.33. The number of amides is 1. The molecular formula is C23H28N4O. The average molecular weight is 377 g/mol. The highest BCUT2D eigenvalue weighted by Gasteiger charge is 2.28. The van der Waals surface area contributed by atoms with E-state index in [1.54, 1.807) is 0 Å². The molecule has 0 N–H and O–H groups in total.